The van der Waals surface area contributed by atoms with Crippen molar-refractivity contribution in [3.8, 4) is 5.75 Å². The van der Waals surface area contributed by atoms with Gasteiger partial charge in [-0.15, -0.1) is 0 Å². The van der Waals surface area contributed by atoms with Crippen LogP contribution in [0.3, 0.4) is 0 Å². The molecule has 0 unspecified atom stereocenters. The van der Waals surface area contributed by atoms with Crippen molar-refractivity contribution in [1.29, 1.82) is 0 Å². The van der Waals surface area contributed by atoms with E-state index in [4.69, 9.17) is 4.74 Å². The maximum Gasteiger partial charge on any atom is 0.257 e. The predicted molar refractivity (Wildman–Crippen MR) is 87.4 cm³/mol. The molecule has 0 saturated heterocycles. The SMILES string of the molecule is CCCNCc1cccc(Br)c1OCC(=O)NCC1CC1. The summed E-state index contributed by atoms with van der Waals surface area (Å²) in [6.07, 6.45) is 3.56. The van der Waals surface area contributed by atoms with E-state index in [2.05, 4.69) is 33.5 Å². The molecule has 1 aliphatic rings. The van der Waals surface area contributed by atoms with E-state index >= 15 is 0 Å². The van der Waals surface area contributed by atoms with E-state index in [-0.39, 0.29) is 12.5 Å². The first-order chi connectivity index (χ1) is 10.2. The Kier molecular flexibility index (Phi) is 6.51. The number of rotatable bonds is 9. The second kappa shape index (κ2) is 8.39. The monoisotopic (exact) mass is 354 g/mol. The summed E-state index contributed by atoms with van der Waals surface area (Å²) >= 11 is 3.49. The van der Waals surface area contributed by atoms with Gasteiger partial charge in [0, 0.05) is 18.7 Å². The fraction of sp³-hybridized carbons (Fsp3) is 0.562. The van der Waals surface area contributed by atoms with Crippen LogP contribution >= 0.6 is 15.9 Å². The third kappa shape index (κ3) is 5.67. The Morgan fingerprint density at radius 2 is 2.24 bits per heavy atom. The maximum absolute atomic E-state index is 11.8. The molecule has 0 bridgehead atoms. The van der Waals surface area contributed by atoms with Crippen LogP contribution < -0.4 is 15.4 Å². The van der Waals surface area contributed by atoms with Crippen LogP contribution in [0.4, 0.5) is 0 Å². The largest absolute Gasteiger partial charge is 0.482 e. The Balaban J connectivity index is 1.85. The normalized spacial score (nSPS) is 14.0. The van der Waals surface area contributed by atoms with E-state index in [1.165, 1.54) is 12.8 Å². The van der Waals surface area contributed by atoms with Crippen molar-refractivity contribution < 1.29 is 9.53 Å². The van der Waals surface area contributed by atoms with Gasteiger partial charge >= 0.3 is 0 Å². The fourth-order valence-corrected chi connectivity index (χ4v) is 2.54. The quantitative estimate of drug-likeness (QED) is 0.670. The van der Waals surface area contributed by atoms with E-state index in [1.54, 1.807) is 0 Å². The highest BCUT2D eigenvalue weighted by Crippen LogP contribution is 2.29. The molecule has 4 nitrogen and oxygen atoms in total. The van der Waals surface area contributed by atoms with Crippen molar-refractivity contribution in [1.82, 2.24) is 10.6 Å². The summed E-state index contributed by atoms with van der Waals surface area (Å²) in [6.45, 7) is 4.69. The number of benzene rings is 1. The number of amides is 1. The highest BCUT2D eigenvalue weighted by molar-refractivity contribution is 9.10. The first-order valence-electron chi connectivity index (χ1n) is 7.58. The molecule has 5 heteroatoms. The average Bonchev–Trinajstić information content (AvgIpc) is 3.29. The molecule has 1 aromatic carbocycles. The molecule has 1 saturated carbocycles. The number of carbonyl (C=O) groups excluding carboxylic acids is 1. The minimum Gasteiger partial charge on any atom is -0.482 e. The van der Waals surface area contributed by atoms with E-state index < -0.39 is 0 Å². The molecule has 1 fully saturated rings. The summed E-state index contributed by atoms with van der Waals surface area (Å²) in [5.74, 6) is 1.39. The van der Waals surface area contributed by atoms with Gasteiger partial charge in [-0.05, 0) is 53.7 Å². The van der Waals surface area contributed by atoms with Crippen LogP contribution in [-0.2, 0) is 11.3 Å². The van der Waals surface area contributed by atoms with Crippen molar-refractivity contribution in [2.75, 3.05) is 19.7 Å². The van der Waals surface area contributed by atoms with Crippen LogP contribution in [0, 0.1) is 5.92 Å². The van der Waals surface area contributed by atoms with E-state index in [0.29, 0.717) is 5.92 Å². The molecule has 2 rings (SSSR count). The van der Waals surface area contributed by atoms with Crippen LogP contribution in [0.1, 0.15) is 31.7 Å². The molecule has 2 N–H and O–H groups in total. The second-order valence-corrected chi connectivity index (χ2v) is 6.30. The summed E-state index contributed by atoms with van der Waals surface area (Å²) in [5.41, 5.74) is 1.06. The number of ether oxygens (including phenoxy) is 1. The van der Waals surface area contributed by atoms with Crippen LogP contribution in [0.15, 0.2) is 22.7 Å². The molecular formula is C16H23BrN2O2. The van der Waals surface area contributed by atoms with Crippen molar-refractivity contribution in [2.45, 2.75) is 32.7 Å². The average molecular weight is 355 g/mol. The standard InChI is InChI=1S/C16H23BrN2O2/c1-2-8-18-10-13-4-3-5-14(17)16(13)21-11-15(20)19-9-12-6-7-12/h3-5,12,18H,2,6-11H2,1H3,(H,19,20). The van der Waals surface area contributed by atoms with E-state index in [1.807, 2.05) is 18.2 Å². The Hall–Kier alpha value is -1.07. The van der Waals surface area contributed by atoms with Gasteiger partial charge in [-0.25, -0.2) is 0 Å². The molecule has 0 spiro atoms. The van der Waals surface area contributed by atoms with Crippen molar-refractivity contribution in [2.24, 2.45) is 5.92 Å². The smallest absolute Gasteiger partial charge is 0.257 e. The summed E-state index contributed by atoms with van der Waals surface area (Å²) < 4.78 is 6.60. The van der Waals surface area contributed by atoms with Crippen LogP contribution in [-0.4, -0.2) is 25.6 Å². The summed E-state index contributed by atoms with van der Waals surface area (Å²) in [7, 11) is 0. The van der Waals surface area contributed by atoms with Gasteiger partial charge in [0.15, 0.2) is 6.61 Å². The zero-order valence-electron chi connectivity index (χ0n) is 12.5. The summed E-state index contributed by atoms with van der Waals surface area (Å²) in [4.78, 5) is 11.8. The number of hydrogen-bond donors (Lipinski definition) is 2. The molecule has 0 heterocycles. The predicted octanol–water partition coefficient (Wildman–Crippen LogP) is 2.85. The Morgan fingerprint density at radius 1 is 1.43 bits per heavy atom. The highest BCUT2D eigenvalue weighted by atomic mass is 79.9. The third-order valence-electron chi connectivity index (χ3n) is 3.42. The third-order valence-corrected chi connectivity index (χ3v) is 4.05. The molecule has 0 radical (unpaired) electrons. The molecule has 21 heavy (non-hydrogen) atoms. The molecule has 0 aliphatic heterocycles. The first kappa shape index (κ1) is 16.3. The number of hydrogen-bond acceptors (Lipinski definition) is 3. The molecule has 0 aromatic heterocycles. The molecule has 116 valence electrons. The van der Waals surface area contributed by atoms with Gasteiger partial charge in [-0.3, -0.25) is 4.79 Å². The summed E-state index contributed by atoms with van der Waals surface area (Å²) in [5, 5.41) is 6.26. The lowest BCUT2D eigenvalue weighted by atomic mass is 10.2. The van der Waals surface area contributed by atoms with Crippen LogP contribution in [0.5, 0.6) is 5.75 Å². The molecule has 1 aromatic rings. The van der Waals surface area contributed by atoms with Gasteiger partial charge in [0.05, 0.1) is 4.47 Å². The first-order valence-corrected chi connectivity index (χ1v) is 8.37. The fourth-order valence-electron chi connectivity index (χ4n) is 2.02. The zero-order chi connectivity index (χ0) is 15.1. The van der Waals surface area contributed by atoms with Gasteiger partial charge in [-0.1, -0.05) is 19.1 Å². The molecule has 1 aliphatic carbocycles. The topological polar surface area (TPSA) is 50.4 Å². The molecule has 1 amide bonds. The lowest BCUT2D eigenvalue weighted by Crippen LogP contribution is -2.30. The Bertz CT molecular complexity index is 475. The van der Waals surface area contributed by atoms with Gasteiger partial charge in [-0.2, -0.15) is 0 Å². The van der Waals surface area contributed by atoms with Crippen molar-refractivity contribution in [3.05, 3.63) is 28.2 Å². The van der Waals surface area contributed by atoms with Gasteiger partial charge in [0.25, 0.3) is 5.91 Å². The minimum atomic E-state index is -0.0508. The van der Waals surface area contributed by atoms with Gasteiger partial charge in [0.2, 0.25) is 0 Å². The van der Waals surface area contributed by atoms with Crippen LogP contribution in [0.2, 0.25) is 0 Å². The van der Waals surface area contributed by atoms with Crippen molar-refractivity contribution >= 4 is 21.8 Å². The molecular weight excluding hydrogens is 332 g/mol. The Morgan fingerprint density at radius 3 is 2.95 bits per heavy atom. The molecule has 0 atom stereocenters. The number of halogens is 1. The Labute approximate surface area is 134 Å². The van der Waals surface area contributed by atoms with Gasteiger partial charge < -0.3 is 15.4 Å². The zero-order valence-corrected chi connectivity index (χ0v) is 14.0. The maximum atomic E-state index is 11.8. The van der Waals surface area contributed by atoms with Crippen LogP contribution in [0.25, 0.3) is 0 Å². The number of nitrogens with one attached hydrogen (secondary N) is 2. The highest BCUT2D eigenvalue weighted by Gasteiger charge is 2.21. The van der Waals surface area contributed by atoms with Crippen molar-refractivity contribution in [3.63, 3.8) is 0 Å². The minimum absolute atomic E-state index is 0.0508. The lowest BCUT2D eigenvalue weighted by Gasteiger charge is -2.14. The summed E-state index contributed by atoms with van der Waals surface area (Å²) in [6, 6.07) is 5.93. The number of carbonyl (C=O) groups is 1. The van der Waals surface area contributed by atoms with E-state index in [9.17, 15) is 4.79 Å². The number of para-hydroxylation sites is 1. The second-order valence-electron chi connectivity index (χ2n) is 5.44. The van der Waals surface area contributed by atoms with Gasteiger partial charge in [0.1, 0.15) is 5.75 Å². The lowest BCUT2D eigenvalue weighted by molar-refractivity contribution is -0.123. The van der Waals surface area contributed by atoms with E-state index in [0.717, 1.165) is 41.8 Å².